The Kier molecular flexibility index (Phi) is 3.88. The maximum Gasteiger partial charge on any atom is 0.343 e. The van der Waals surface area contributed by atoms with E-state index >= 15 is 0 Å². The Bertz CT molecular complexity index is 894. The zero-order valence-electron chi connectivity index (χ0n) is 11.9. The summed E-state index contributed by atoms with van der Waals surface area (Å²) in [7, 11) is 0. The number of fused-ring (bicyclic) bond motifs is 1. The lowest BCUT2D eigenvalue weighted by Gasteiger charge is -2.30. The quantitative estimate of drug-likeness (QED) is 0.846. The number of aryl methyl sites for hydroxylation is 1. The van der Waals surface area contributed by atoms with Gasteiger partial charge in [0.15, 0.2) is 0 Å². The third-order valence-corrected chi connectivity index (χ3v) is 4.33. The predicted octanol–water partition coefficient (Wildman–Crippen LogP) is 3.90. The van der Waals surface area contributed by atoms with E-state index in [-0.39, 0.29) is 17.2 Å². The highest BCUT2D eigenvalue weighted by Gasteiger charge is 2.41. The van der Waals surface area contributed by atoms with Gasteiger partial charge in [-0.05, 0) is 24.6 Å². The van der Waals surface area contributed by atoms with Crippen molar-refractivity contribution >= 4 is 29.1 Å². The minimum Gasteiger partial charge on any atom is -0.441 e. The molecule has 2 atom stereocenters. The maximum absolute atomic E-state index is 12.3. The van der Waals surface area contributed by atoms with Gasteiger partial charge < -0.3 is 9.15 Å². The molecule has 0 fully saturated rings. The summed E-state index contributed by atoms with van der Waals surface area (Å²) >= 11 is 12.5. The van der Waals surface area contributed by atoms with E-state index in [9.17, 15) is 10.1 Å². The second kappa shape index (κ2) is 5.73. The Balaban J connectivity index is 2.37. The van der Waals surface area contributed by atoms with Crippen molar-refractivity contribution < 1.29 is 9.15 Å². The van der Waals surface area contributed by atoms with Crippen molar-refractivity contribution in [1.29, 1.82) is 10.7 Å². The second-order valence-electron chi connectivity index (χ2n) is 5.11. The van der Waals surface area contributed by atoms with Crippen molar-refractivity contribution in [2.45, 2.75) is 12.8 Å². The SMILES string of the molecule is Cc1cc2c(c(=O)o1)C(c1c(Cl)cccc1Cl)C(C#N)C(=N)O2. The summed E-state index contributed by atoms with van der Waals surface area (Å²) in [5, 5.41) is 18.0. The number of ether oxygens (including phenoxy) is 1. The molecule has 2 unspecified atom stereocenters. The predicted molar refractivity (Wildman–Crippen MR) is 85.5 cm³/mol. The van der Waals surface area contributed by atoms with Crippen LogP contribution in [-0.4, -0.2) is 5.90 Å². The molecule has 0 spiro atoms. The molecule has 116 valence electrons. The summed E-state index contributed by atoms with van der Waals surface area (Å²) in [5.41, 5.74) is -0.0743. The summed E-state index contributed by atoms with van der Waals surface area (Å²) in [6, 6.07) is 8.40. The molecule has 1 aromatic carbocycles. The number of nitrogens with zero attached hydrogens (tertiary/aromatic N) is 1. The number of hydrogen-bond donors (Lipinski definition) is 1. The van der Waals surface area contributed by atoms with Gasteiger partial charge in [-0.25, -0.2) is 4.79 Å². The molecule has 0 aliphatic carbocycles. The van der Waals surface area contributed by atoms with Gasteiger partial charge in [-0.1, -0.05) is 29.3 Å². The van der Waals surface area contributed by atoms with Gasteiger partial charge in [0, 0.05) is 22.0 Å². The second-order valence-corrected chi connectivity index (χ2v) is 5.92. The zero-order chi connectivity index (χ0) is 16.7. The average Bonchev–Trinajstić information content (AvgIpc) is 2.46. The first kappa shape index (κ1) is 15.6. The fourth-order valence-electron chi connectivity index (χ4n) is 2.71. The molecule has 23 heavy (non-hydrogen) atoms. The van der Waals surface area contributed by atoms with E-state index in [2.05, 4.69) is 0 Å². The van der Waals surface area contributed by atoms with Gasteiger partial charge in [-0.15, -0.1) is 0 Å². The molecular formula is C16H10Cl2N2O3. The Labute approximate surface area is 141 Å². The number of nitriles is 1. The molecular weight excluding hydrogens is 339 g/mol. The highest BCUT2D eigenvalue weighted by atomic mass is 35.5. The van der Waals surface area contributed by atoms with Gasteiger partial charge in [-0.2, -0.15) is 5.26 Å². The fourth-order valence-corrected chi connectivity index (χ4v) is 3.34. The van der Waals surface area contributed by atoms with Gasteiger partial charge in [0.25, 0.3) is 0 Å². The molecule has 1 aliphatic heterocycles. The van der Waals surface area contributed by atoms with Crippen LogP contribution >= 0.6 is 23.2 Å². The number of halogens is 2. The van der Waals surface area contributed by atoms with Gasteiger partial charge >= 0.3 is 5.63 Å². The molecule has 7 heteroatoms. The van der Waals surface area contributed by atoms with Crippen LogP contribution in [0, 0.1) is 29.6 Å². The minimum atomic E-state index is -1.02. The van der Waals surface area contributed by atoms with E-state index in [0.717, 1.165) is 0 Å². The zero-order valence-corrected chi connectivity index (χ0v) is 13.4. The lowest BCUT2D eigenvalue weighted by atomic mass is 9.79. The number of rotatable bonds is 1. The molecule has 1 aliphatic rings. The third kappa shape index (κ3) is 2.50. The molecule has 0 saturated carbocycles. The van der Waals surface area contributed by atoms with Crippen LogP contribution in [-0.2, 0) is 0 Å². The van der Waals surface area contributed by atoms with E-state index in [4.69, 9.17) is 37.8 Å². The van der Waals surface area contributed by atoms with Gasteiger partial charge in [0.1, 0.15) is 17.4 Å². The Morgan fingerprint density at radius 3 is 2.52 bits per heavy atom. The standard InChI is InChI=1S/C16H10Cl2N2O3/c1-7-5-11-14(16(21)22-7)12(8(6-19)15(20)23-11)13-9(17)3-2-4-10(13)18/h2-5,8,12,20H,1H3. The van der Waals surface area contributed by atoms with Crippen molar-refractivity contribution in [1.82, 2.24) is 0 Å². The largest absolute Gasteiger partial charge is 0.441 e. The summed E-state index contributed by atoms with van der Waals surface area (Å²) in [5.74, 6) is -1.57. The average molecular weight is 349 g/mol. The van der Waals surface area contributed by atoms with Crippen LogP contribution < -0.4 is 10.4 Å². The third-order valence-electron chi connectivity index (χ3n) is 3.67. The van der Waals surface area contributed by atoms with E-state index in [1.807, 2.05) is 6.07 Å². The molecule has 0 bridgehead atoms. The van der Waals surface area contributed by atoms with E-state index in [1.165, 1.54) is 6.07 Å². The first-order chi connectivity index (χ1) is 10.9. The minimum absolute atomic E-state index is 0.146. The lowest BCUT2D eigenvalue weighted by Crippen LogP contribution is -2.34. The Morgan fingerprint density at radius 2 is 1.91 bits per heavy atom. The fraction of sp³-hybridized carbons (Fsp3) is 0.188. The van der Waals surface area contributed by atoms with Crippen LogP contribution in [0.1, 0.15) is 22.8 Å². The van der Waals surface area contributed by atoms with E-state index < -0.39 is 17.5 Å². The van der Waals surface area contributed by atoms with Crippen molar-refractivity contribution in [2.75, 3.05) is 0 Å². The molecule has 1 N–H and O–H groups in total. The molecule has 0 amide bonds. The topological polar surface area (TPSA) is 87.1 Å². The van der Waals surface area contributed by atoms with Crippen molar-refractivity contribution in [3.05, 3.63) is 61.6 Å². The molecule has 2 heterocycles. The van der Waals surface area contributed by atoms with Crippen LogP contribution in [0.2, 0.25) is 10.0 Å². The molecule has 3 rings (SSSR count). The summed E-state index contributed by atoms with van der Waals surface area (Å²) in [6.45, 7) is 1.60. The summed E-state index contributed by atoms with van der Waals surface area (Å²) in [6.07, 6.45) is 0. The highest BCUT2D eigenvalue weighted by Crippen LogP contribution is 2.45. The normalized spacial score (nSPS) is 19.7. The van der Waals surface area contributed by atoms with E-state index in [1.54, 1.807) is 25.1 Å². The number of benzene rings is 1. The van der Waals surface area contributed by atoms with Crippen molar-refractivity contribution in [3.8, 4) is 11.8 Å². The van der Waals surface area contributed by atoms with Crippen LogP contribution in [0.15, 0.2) is 33.5 Å². The van der Waals surface area contributed by atoms with Crippen LogP contribution in [0.4, 0.5) is 0 Å². The molecule has 5 nitrogen and oxygen atoms in total. The molecule has 0 radical (unpaired) electrons. The molecule has 2 aromatic rings. The maximum atomic E-state index is 12.3. The lowest BCUT2D eigenvalue weighted by molar-refractivity contribution is 0.403. The van der Waals surface area contributed by atoms with Gasteiger partial charge in [0.2, 0.25) is 5.90 Å². The first-order valence-corrected chi connectivity index (χ1v) is 7.44. The van der Waals surface area contributed by atoms with E-state index in [0.29, 0.717) is 21.4 Å². The molecule has 0 saturated heterocycles. The smallest absolute Gasteiger partial charge is 0.343 e. The van der Waals surface area contributed by atoms with Crippen LogP contribution in [0.5, 0.6) is 5.75 Å². The van der Waals surface area contributed by atoms with Crippen molar-refractivity contribution in [3.63, 3.8) is 0 Å². The highest BCUT2D eigenvalue weighted by molar-refractivity contribution is 6.36. The van der Waals surface area contributed by atoms with Gasteiger partial charge in [0.05, 0.1) is 11.6 Å². The van der Waals surface area contributed by atoms with Crippen LogP contribution in [0.25, 0.3) is 0 Å². The summed E-state index contributed by atoms with van der Waals surface area (Å²) < 4.78 is 10.5. The Hall–Kier alpha value is -2.29. The number of nitrogens with one attached hydrogen (secondary N) is 1. The Morgan fingerprint density at radius 1 is 1.26 bits per heavy atom. The van der Waals surface area contributed by atoms with Gasteiger partial charge in [-0.3, -0.25) is 5.41 Å². The number of hydrogen-bond acceptors (Lipinski definition) is 5. The first-order valence-electron chi connectivity index (χ1n) is 6.68. The van der Waals surface area contributed by atoms with Crippen LogP contribution in [0.3, 0.4) is 0 Å². The summed E-state index contributed by atoms with van der Waals surface area (Å²) in [4.78, 5) is 12.3. The van der Waals surface area contributed by atoms with Crippen molar-refractivity contribution in [2.24, 2.45) is 5.92 Å². The molecule has 1 aromatic heterocycles. The monoisotopic (exact) mass is 348 g/mol.